The van der Waals surface area contributed by atoms with Gasteiger partial charge in [-0.05, 0) is 35.4 Å². The van der Waals surface area contributed by atoms with Gasteiger partial charge in [0.2, 0.25) is 0 Å². The largest absolute Gasteiger partial charge is 0.489 e. The monoisotopic (exact) mass is 419 g/mol. The third kappa shape index (κ3) is 3.54. The summed E-state index contributed by atoms with van der Waals surface area (Å²) in [6, 6.07) is 12.1. The van der Waals surface area contributed by atoms with Crippen LogP contribution in [0.3, 0.4) is 0 Å². The SMILES string of the molecule is CN1CCOc2c(C(=O)NCCN3CCNC3=O)cc(-c3cccc4[nH]ccc34)cc21. The highest BCUT2D eigenvalue weighted by atomic mass is 16.5. The van der Waals surface area contributed by atoms with Gasteiger partial charge in [-0.2, -0.15) is 0 Å². The van der Waals surface area contributed by atoms with E-state index in [0.29, 0.717) is 44.1 Å². The molecule has 2 aliphatic heterocycles. The van der Waals surface area contributed by atoms with Crippen molar-refractivity contribution in [3.8, 4) is 16.9 Å². The summed E-state index contributed by atoms with van der Waals surface area (Å²) < 4.78 is 5.92. The van der Waals surface area contributed by atoms with E-state index >= 15 is 0 Å². The number of amides is 3. The Morgan fingerprint density at radius 2 is 2.13 bits per heavy atom. The van der Waals surface area contributed by atoms with Crippen LogP contribution in [0.15, 0.2) is 42.6 Å². The fourth-order valence-electron chi connectivity index (χ4n) is 4.24. The molecule has 1 saturated heterocycles. The number of hydrogen-bond donors (Lipinski definition) is 3. The van der Waals surface area contributed by atoms with Gasteiger partial charge in [-0.15, -0.1) is 0 Å². The number of carbonyl (C=O) groups excluding carboxylic acids is 2. The molecule has 3 heterocycles. The van der Waals surface area contributed by atoms with Crippen LogP contribution in [0.25, 0.3) is 22.0 Å². The molecule has 3 aromatic rings. The minimum absolute atomic E-state index is 0.0850. The molecule has 0 unspecified atom stereocenters. The maximum Gasteiger partial charge on any atom is 0.317 e. The first kappa shape index (κ1) is 19.3. The maximum atomic E-state index is 13.1. The summed E-state index contributed by atoms with van der Waals surface area (Å²) in [6.07, 6.45) is 1.92. The lowest BCUT2D eigenvalue weighted by Crippen LogP contribution is -2.37. The van der Waals surface area contributed by atoms with Crippen LogP contribution in [0.4, 0.5) is 10.5 Å². The zero-order valence-electron chi connectivity index (χ0n) is 17.4. The van der Waals surface area contributed by atoms with Crippen LogP contribution in [0.1, 0.15) is 10.4 Å². The number of hydrogen-bond acceptors (Lipinski definition) is 4. The van der Waals surface area contributed by atoms with Crippen LogP contribution >= 0.6 is 0 Å². The summed E-state index contributed by atoms with van der Waals surface area (Å²) in [6.45, 7) is 3.46. The first-order chi connectivity index (χ1) is 15.1. The Labute approximate surface area is 180 Å². The molecule has 8 heteroatoms. The van der Waals surface area contributed by atoms with E-state index in [2.05, 4.69) is 32.7 Å². The minimum atomic E-state index is -0.200. The van der Waals surface area contributed by atoms with E-state index < -0.39 is 0 Å². The highest BCUT2D eigenvalue weighted by Gasteiger charge is 2.25. The number of aromatic nitrogens is 1. The zero-order chi connectivity index (χ0) is 21.4. The minimum Gasteiger partial charge on any atom is -0.489 e. The van der Waals surface area contributed by atoms with Gasteiger partial charge in [0, 0.05) is 50.3 Å². The summed E-state index contributed by atoms with van der Waals surface area (Å²) in [5.74, 6) is 0.407. The van der Waals surface area contributed by atoms with Crippen LogP contribution in [-0.4, -0.2) is 68.2 Å². The number of nitrogens with one attached hydrogen (secondary N) is 3. The topological polar surface area (TPSA) is 89.7 Å². The van der Waals surface area contributed by atoms with Crippen LogP contribution in [0, 0.1) is 0 Å². The first-order valence-electron chi connectivity index (χ1n) is 10.5. The highest BCUT2D eigenvalue weighted by Crippen LogP contribution is 2.40. The molecule has 0 bridgehead atoms. The Morgan fingerprint density at radius 3 is 2.97 bits per heavy atom. The van der Waals surface area contributed by atoms with Crippen molar-refractivity contribution in [3.63, 3.8) is 0 Å². The number of likely N-dealkylation sites (N-methyl/N-ethyl adjacent to an activating group) is 1. The summed E-state index contributed by atoms with van der Waals surface area (Å²) >= 11 is 0. The van der Waals surface area contributed by atoms with Gasteiger partial charge in [-0.3, -0.25) is 4.79 Å². The van der Waals surface area contributed by atoms with Crippen LogP contribution in [0.5, 0.6) is 5.75 Å². The van der Waals surface area contributed by atoms with Crippen LogP contribution in [-0.2, 0) is 0 Å². The number of carbonyl (C=O) groups is 2. The Hall–Kier alpha value is -3.68. The van der Waals surface area contributed by atoms with E-state index in [1.54, 1.807) is 4.90 Å². The van der Waals surface area contributed by atoms with E-state index in [0.717, 1.165) is 34.3 Å². The van der Waals surface area contributed by atoms with Crippen LogP contribution in [0.2, 0.25) is 0 Å². The third-order valence-corrected chi connectivity index (χ3v) is 5.92. The molecule has 8 nitrogen and oxygen atoms in total. The van der Waals surface area contributed by atoms with E-state index in [9.17, 15) is 9.59 Å². The molecule has 0 radical (unpaired) electrons. The molecular weight excluding hydrogens is 394 g/mol. The average molecular weight is 419 g/mol. The fraction of sp³-hybridized carbons (Fsp3) is 0.304. The number of nitrogens with zero attached hydrogens (tertiary/aromatic N) is 2. The molecule has 1 aromatic heterocycles. The van der Waals surface area contributed by atoms with Crippen molar-refractivity contribution in [3.05, 3.63) is 48.2 Å². The summed E-state index contributed by atoms with van der Waals surface area (Å²) in [7, 11) is 2.01. The maximum absolute atomic E-state index is 13.1. The Kier molecular flexibility index (Phi) is 4.89. The summed E-state index contributed by atoms with van der Waals surface area (Å²) in [5.41, 5.74) is 4.49. The van der Waals surface area contributed by atoms with Gasteiger partial charge in [-0.1, -0.05) is 12.1 Å². The van der Waals surface area contributed by atoms with Gasteiger partial charge in [0.05, 0.1) is 17.8 Å². The van der Waals surface area contributed by atoms with Gasteiger partial charge in [-0.25, -0.2) is 4.79 Å². The molecule has 0 aliphatic carbocycles. The molecule has 2 aliphatic rings. The molecule has 2 aromatic carbocycles. The third-order valence-electron chi connectivity index (χ3n) is 5.92. The second-order valence-corrected chi connectivity index (χ2v) is 7.86. The molecule has 1 fully saturated rings. The lowest BCUT2D eigenvalue weighted by molar-refractivity contribution is 0.0946. The molecule has 0 atom stereocenters. The van der Waals surface area contributed by atoms with Gasteiger partial charge < -0.3 is 30.2 Å². The number of rotatable bonds is 5. The van der Waals surface area contributed by atoms with Crippen molar-refractivity contribution in [2.45, 2.75) is 0 Å². The van der Waals surface area contributed by atoms with Gasteiger partial charge in [0.15, 0.2) is 5.75 Å². The fourth-order valence-corrected chi connectivity index (χ4v) is 4.24. The molecule has 3 N–H and O–H groups in total. The van der Waals surface area contributed by atoms with Crippen molar-refractivity contribution >= 4 is 28.5 Å². The van der Waals surface area contributed by atoms with Crippen LogP contribution < -0.4 is 20.3 Å². The lowest BCUT2D eigenvalue weighted by Gasteiger charge is -2.30. The Morgan fingerprint density at radius 1 is 1.23 bits per heavy atom. The van der Waals surface area contributed by atoms with E-state index in [1.165, 1.54) is 0 Å². The van der Waals surface area contributed by atoms with Crippen molar-refractivity contribution < 1.29 is 14.3 Å². The number of ether oxygens (including phenoxy) is 1. The Bertz CT molecular complexity index is 1160. The Balaban J connectivity index is 1.48. The smallest absolute Gasteiger partial charge is 0.317 e. The number of aromatic amines is 1. The second kappa shape index (κ2) is 7.86. The van der Waals surface area contributed by atoms with E-state index in [1.807, 2.05) is 37.5 Å². The van der Waals surface area contributed by atoms with Crippen molar-refractivity contribution in [1.29, 1.82) is 0 Å². The van der Waals surface area contributed by atoms with Crippen molar-refractivity contribution in [2.75, 3.05) is 51.3 Å². The second-order valence-electron chi connectivity index (χ2n) is 7.86. The van der Waals surface area contributed by atoms with Gasteiger partial charge in [0.25, 0.3) is 5.91 Å². The average Bonchev–Trinajstić information content (AvgIpc) is 3.42. The molecule has 160 valence electrons. The standard InChI is InChI=1S/C23H25N5O3/c1-27-11-12-31-21-18(22(29)25-7-9-28-10-8-26-23(28)30)13-15(14-20(21)27)16-3-2-4-19-17(16)5-6-24-19/h2-6,13-14,24H,7-12H2,1H3,(H,25,29)(H,26,30). The normalized spacial score (nSPS) is 15.6. The molecule has 0 saturated carbocycles. The predicted molar refractivity (Wildman–Crippen MR) is 120 cm³/mol. The summed E-state index contributed by atoms with van der Waals surface area (Å²) in [5, 5.41) is 6.83. The van der Waals surface area contributed by atoms with Crippen molar-refractivity contribution in [1.82, 2.24) is 20.5 Å². The summed E-state index contributed by atoms with van der Waals surface area (Å²) in [4.78, 5) is 31.9. The highest BCUT2D eigenvalue weighted by molar-refractivity contribution is 6.03. The first-order valence-corrected chi connectivity index (χ1v) is 10.5. The van der Waals surface area contributed by atoms with Gasteiger partial charge in [0.1, 0.15) is 6.61 Å². The molecule has 31 heavy (non-hydrogen) atoms. The number of H-pyrrole nitrogens is 1. The molecular formula is C23H25N5O3. The quantitative estimate of drug-likeness (QED) is 0.593. The number of fused-ring (bicyclic) bond motifs is 2. The molecule has 5 rings (SSSR count). The van der Waals surface area contributed by atoms with E-state index in [-0.39, 0.29) is 11.9 Å². The molecule has 3 amide bonds. The number of anilines is 1. The zero-order valence-corrected chi connectivity index (χ0v) is 17.4. The predicted octanol–water partition coefficient (Wildman–Crippen LogP) is 2.42. The van der Waals surface area contributed by atoms with Crippen molar-refractivity contribution in [2.24, 2.45) is 0 Å². The van der Waals surface area contributed by atoms with E-state index in [4.69, 9.17) is 4.74 Å². The lowest BCUT2D eigenvalue weighted by atomic mass is 9.97. The molecule has 0 spiro atoms. The number of urea groups is 1. The van der Waals surface area contributed by atoms with Gasteiger partial charge >= 0.3 is 6.03 Å². The number of benzene rings is 2.